The number of hydrogen-bond donors (Lipinski definition) is 0. The molecule has 4 aromatic carbocycles. The lowest BCUT2D eigenvalue weighted by molar-refractivity contribution is 0.925. The third kappa shape index (κ3) is 10.7. The topological polar surface area (TPSA) is 8.17 Å². The Labute approximate surface area is 296 Å². The van der Waals surface area contributed by atoms with E-state index in [0.29, 0.717) is 0 Å². The summed E-state index contributed by atoms with van der Waals surface area (Å²) in [6, 6.07) is 37.8. The molecule has 2 nitrogen and oxygen atoms in total. The smallest absolute Gasteiger partial charge is 0.0488 e. The number of anilines is 2. The van der Waals surface area contributed by atoms with E-state index in [9.17, 15) is 0 Å². The maximum absolute atomic E-state index is 3.82. The number of hydrogen-bond acceptors (Lipinski definition) is 1. The molecule has 0 N–H and O–H groups in total. The quantitative estimate of drug-likeness (QED) is 0.178. The maximum atomic E-state index is 3.82. The van der Waals surface area contributed by atoms with Crippen molar-refractivity contribution in [2.75, 3.05) is 11.9 Å². The van der Waals surface area contributed by atoms with Crippen molar-refractivity contribution in [2.45, 2.75) is 60.8 Å². The summed E-state index contributed by atoms with van der Waals surface area (Å²) in [6.45, 7) is 16.6. The van der Waals surface area contributed by atoms with Gasteiger partial charge in [-0.3, -0.25) is 0 Å². The Morgan fingerprint density at radius 3 is 1.94 bits per heavy atom. The van der Waals surface area contributed by atoms with Gasteiger partial charge in [0, 0.05) is 46.9 Å². The molecular weight excluding hydrogens is 593 g/mol. The molecule has 0 saturated carbocycles. The summed E-state index contributed by atoms with van der Waals surface area (Å²) in [5, 5.41) is 3.76. The Morgan fingerprint density at radius 2 is 1.37 bits per heavy atom. The van der Waals surface area contributed by atoms with E-state index in [2.05, 4.69) is 185 Å². The standard InChI is InChI=1S/C18H21N.C14H16.C13H13N.C2H6/c1-5-9-17-16(13-12-14(3)6-2)15-10-7-8-11-18(15)19(17)4;1-11-7-3-5-9-13(11)14-10-6-4-8-12(14)2;1-14(12-8-4-2-5-9-12)13-10-6-3-7-11-13;1-2/h5,7-13H,1,6H2,2-4H3;3-5,7-9H,6,10H2,1-2H3;2-11H,1H3;1-2H3/b14-12+,16-13-,17-9+;;;. The number of rotatable bonds is 6. The number of fused-ring (bicyclic) bond motifs is 1. The number of aryl methyl sites for hydroxylation is 2. The van der Waals surface area contributed by atoms with E-state index < -0.39 is 0 Å². The molecule has 49 heavy (non-hydrogen) atoms. The van der Waals surface area contributed by atoms with E-state index in [-0.39, 0.29) is 0 Å². The average Bonchev–Trinajstić information content (AvgIpc) is 3.42. The summed E-state index contributed by atoms with van der Waals surface area (Å²) >= 11 is 0. The molecule has 0 saturated heterocycles. The predicted octanol–water partition coefficient (Wildman–Crippen LogP) is 11.9. The van der Waals surface area contributed by atoms with Crippen LogP contribution in [-0.4, -0.2) is 11.6 Å². The molecule has 0 amide bonds. The van der Waals surface area contributed by atoms with Gasteiger partial charge in [-0.25, -0.2) is 0 Å². The first-order valence-electron chi connectivity index (χ1n) is 17.7. The third-order valence-electron chi connectivity index (χ3n) is 8.72. The van der Waals surface area contributed by atoms with Gasteiger partial charge in [-0.2, -0.15) is 0 Å². The van der Waals surface area contributed by atoms with Crippen molar-refractivity contribution >= 4 is 40.0 Å². The highest BCUT2D eigenvalue weighted by molar-refractivity contribution is 5.82. The van der Waals surface area contributed by atoms with Gasteiger partial charge in [0.15, 0.2) is 0 Å². The molecule has 6 rings (SSSR count). The van der Waals surface area contributed by atoms with Crippen molar-refractivity contribution in [2.24, 2.45) is 7.05 Å². The van der Waals surface area contributed by atoms with Crippen molar-refractivity contribution in [1.29, 1.82) is 0 Å². The minimum Gasteiger partial charge on any atom is -0.345 e. The summed E-state index contributed by atoms with van der Waals surface area (Å²) in [5.41, 5.74) is 10.8. The van der Waals surface area contributed by atoms with Crippen molar-refractivity contribution < 1.29 is 0 Å². The Bertz CT molecular complexity index is 1930. The lowest BCUT2D eigenvalue weighted by atomic mass is 9.90. The number of allylic oxidation sites excluding steroid dienone is 7. The molecule has 0 aliphatic heterocycles. The van der Waals surface area contributed by atoms with Crippen LogP contribution in [0, 0.1) is 6.92 Å². The molecule has 0 radical (unpaired) electrons. The van der Waals surface area contributed by atoms with Crippen molar-refractivity contribution in [3.05, 3.63) is 173 Å². The first-order chi connectivity index (χ1) is 23.8. The van der Waals surface area contributed by atoms with E-state index in [1.165, 1.54) is 73.5 Å². The summed E-state index contributed by atoms with van der Waals surface area (Å²) in [7, 11) is 4.18. The first kappa shape index (κ1) is 38.4. The second-order valence-electron chi connectivity index (χ2n) is 12.0. The molecule has 0 atom stereocenters. The van der Waals surface area contributed by atoms with Crippen LogP contribution in [0.25, 0.3) is 28.6 Å². The highest BCUT2D eigenvalue weighted by Crippen LogP contribution is 2.30. The van der Waals surface area contributed by atoms with Crippen LogP contribution in [0.4, 0.5) is 11.4 Å². The van der Waals surface area contributed by atoms with Gasteiger partial charge in [-0.05, 0) is 98.7 Å². The molecule has 1 aromatic heterocycles. The largest absolute Gasteiger partial charge is 0.345 e. The molecule has 0 unspecified atom stereocenters. The lowest BCUT2D eigenvalue weighted by Gasteiger charge is -2.18. The van der Waals surface area contributed by atoms with Gasteiger partial charge >= 0.3 is 0 Å². The third-order valence-corrected chi connectivity index (χ3v) is 8.72. The zero-order chi connectivity index (χ0) is 35.6. The van der Waals surface area contributed by atoms with Crippen LogP contribution in [0.15, 0.2) is 151 Å². The minimum absolute atomic E-state index is 1.09. The van der Waals surface area contributed by atoms with E-state index in [1.54, 1.807) is 0 Å². The minimum atomic E-state index is 1.09. The molecular formula is C47H56N2. The second kappa shape index (κ2) is 20.3. The van der Waals surface area contributed by atoms with Crippen LogP contribution in [0.5, 0.6) is 0 Å². The van der Waals surface area contributed by atoms with Crippen molar-refractivity contribution in [3.8, 4) is 0 Å². The Hall–Kier alpha value is -5.08. The zero-order valence-corrected chi connectivity index (χ0v) is 31.1. The number of nitrogens with zero attached hydrogens (tertiary/aromatic N) is 2. The van der Waals surface area contributed by atoms with Gasteiger partial charge in [-0.15, -0.1) is 0 Å². The summed E-state index contributed by atoms with van der Waals surface area (Å²) < 4.78 is 2.22. The van der Waals surface area contributed by atoms with Crippen LogP contribution in [-0.2, 0) is 7.05 Å². The summed E-state index contributed by atoms with van der Waals surface area (Å²) in [4.78, 5) is 2.17. The summed E-state index contributed by atoms with van der Waals surface area (Å²) in [6.07, 6.45) is 16.3. The molecule has 2 heteroatoms. The molecule has 1 heterocycles. The first-order valence-corrected chi connectivity index (χ1v) is 17.7. The molecule has 1 aliphatic carbocycles. The van der Waals surface area contributed by atoms with Gasteiger partial charge in [0.25, 0.3) is 0 Å². The summed E-state index contributed by atoms with van der Waals surface area (Å²) in [5.74, 6) is 0. The molecule has 5 aromatic rings. The van der Waals surface area contributed by atoms with Crippen LogP contribution in [0.3, 0.4) is 0 Å². The van der Waals surface area contributed by atoms with Gasteiger partial charge in [0.2, 0.25) is 0 Å². The van der Waals surface area contributed by atoms with Gasteiger partial charge in [0.1, 0.15) is 0 Å². The number of para-hydroxylation sites is 3. The van der Waals surface area contributed by atoms with Crippen LogP contribution in [0.1, 0.15) is 65.0 Å². The second-order valence-corrected chi connectivity index (χ2v) is 12.0. The van der Waals surface area contributed by atoms with E-state index in [4.69, 9.17) is 0 Å². The van der Waals surface area contributed by atoms with Gasteiger partial charge in [0.05, 0.1) is 0 Å². The molecule has 0 bridgehead atoms. The highest BCUT2D eigenvalue weighted by Gasteiger charge is 2.09. The van der Waals surface area contributed by atoms with Crippen LogP contribution >= 0.6 is 0 Å². The molecule has 0 spiro atoms. The number of benzene rings is 4. The van der Waals surface area contributed by atoms with E-state index in [0.717, 1.165) is 6.42 Å². The van der Waals surface area contributed by atoms with Gasteiger partial charge < -0.3 is 9.47 Å². The highest BCUT2D eigenvalue weighted by atomic mass is 15.1. The fraction of sp³-hybridized carbons (Fsp3) is 0.234. The zero-order valence-electron chi connectivity index (χ0n) is 31.1. The Kier molecular flexibility index (Phi) is 15.9. The molecule has 1 aliphatic rings. The monoisotopic (exact) mass is 648 g/mol. The average molecular weight is 649 g/mol. The molecule has 0 fully saturated rings. The fourth-order valence-corrected chi connectivity index (χ4v) is 5.77. The van der Waals surface area contributed by atoms with Crippen LogP contribution < -0.4 is 15.5 Å². The Balaban J connectivity index is 0.000000197. The predicted molar refractivity (Wildman–Crippen MR) is 220 cm³/mol. The maximum Gasteiger partial charge on any atom is 0.0488 e. The SMILES string of the molecule is C=C\C=c1/c(=C\C=C(/C)CC)c2ccccc2n1C.CC.CC1=C(c2ccccc2C)CCC=C1.CN(c1ccccc1)c1ccccc1. The van der Waals surface area contributed by atoms with Crippen LogP contribution in [0.2, 0.25) is 0 Å². The van der Waals surface area contributed by atoms with Crippen molar-refractivity contribution in [3.63, 3.8) is 0 Å². The lowest BCUT2D eigenvalue weighted by Crippen LogP contribution is -2.27. The van der Waals surface area contributed by atoms with E-state index in [1.807, 2.05) is 32.1 Å². The molecule has 254 valence electrons. The fourth-order valence-electron chi connectivity index (χ4n) is 5.77. The normalized spacial score (nSPS) is 13.1. The van der Waals surface area contributed by atoms with E-state index >= 15 is 0 Å². The Morgan fingerprint density at radius 1 is 0.796 bits per heavy atom. The number of aromatic nitrogens is 1. The van der Waals surface area contributed by atoms with Crippen molar-refractivity contribution in [1.82, 2.24) is 4.57 Å². The van der Waals surface area contributed by atoms with Gasteiger partial charge in [-0.1, -0.05) is 142 Å².